The molecule has 2 atom stereocenters. The molecule has 1 rings (SSSR count). The Morgan fingerprint density at radius 3 is 2.31 bits per heavy atom. The Morgan fingerprint density at radius 2 is 1.62 bits per heavy atom. The van der Waals surface area contributed by atoms with Crippen molar-refractivity contribution in [2.45, 2.75) is 94.5 Å². The Balaban J connectivity index is 1.92. The number of carbonyl (C=O) groups excluding carboxylic acids is 1. The van der Waals surface area contributed by atoms with Gasteiger partial charge in [0.25, 0.3) is 0 Å². The maximum Gasteiger partial charge on any atom is 0.305 e. The molecule has 29 heavy (non-hydrogen) atoms. The summed E-state index contributed by atoms with van der Waals surface area (Å²) < 4.78 is 5.09. The molecule has 0 aromatic heterocycles. The third kappa shape index (κ3) is 12.0. The van der Waals surface area contributed by atoms with Crippen molar-refractivity contribution in [2.24, 2.45) is 5.41 Å². The molecule has 3 N–H and O–H groups in total. The average Bonchev–Trinajstić information content (AvgIpc) is 3.49. The van der Waals surface area contributed by atoms with Crippen molar-refractivity contribution in [3.05, 3.63) is 12.2 Å². The molecule has 6 heteroatoms. The minimum absolute atomic E-state index is 0.149. The fourth-order valence-corrected chi connectivity index (χ4v) is 4.37. The highest BCUT2D eigenvalue weighted by molar-refractivity contribution is 8.07. The second-order valence-electron chi connectivity index (χ2n) is 8.36. The zero-order chi connectivity index (χ0) is 21.4. The summed E-state index contributed by atoms with van der Waals surface area (Å²) in [4.78, 5) is 11.7. The molecule has 0 bridgehead atoms. The van der Waals surface area contributed by atoms with E-state index in [1.54, 1.807) is 0 Å². The lowest BCUT2D eigenvalue weighted by molar-refractivity contribution is -0.151. The van der Waals surface area contributed by atoms with Crippen LogP contribution < -0.4 is 0 Å². The molecule has 1 heterocycles. The number of hydrogen-bond acceptors (Lipinski definition) is 6. The Hall–Kier alpha value is -0.560. The van der Waals surface area contributed by atoms with Crippen molar-refractivity contribution in [1.82, 2.24) is 0 Å². The van der Waals surface area contributed by atoms with Crippen molar-refractivity contribution in [3.8, 4) is 0 Å². The normalized spacial score (nSPS) is 19.0. The summed E-state index contributed by atoms with van der Waals surface area (Å²) >= 11 is 2.12. The third-order valence-electron chi connectivity index (χ3n) is 5.61. The topological polar surface area (TPSA) is 87.0 Å². The number of unbranched alkanes of at least 4 members (excludes halogenated alkanes) is 7. The Morgan fingerprint density at radius 1 is 0.931 bits per heavy atom. The predicted molar refractivity (Wildman–Crippen MR) is 120 cm³/mol. The largest absolute Gasteiger partial charge is 0.465 e. The van der Waals surface area contributed by atoms with Gasteiger partial charge in [-0.2, -0.15) is 11.8 Å². The molecule has 2 unspecified atom stereocenters. The van der Waals surface area contributed by atoms with Gasteiger partial charge in [0.2, 0.25) is 0 Å². The second kappa shape index (κ2) is 16.2. The standard InChI is InChI=1S/C23H42O5S/c1-2-3-4-5-7-10-13-20-21(29-20)14-11-8-6-9-12-15-22(27)28-19-23(16-24,17-25)18-26/h7,10,20-21,24-26H,2-6,8-9,11-19H2,1H3/b10-7-. The molecule has 170 valence electrons. The van der Waals surface area contributed by atoms with Crippen LogP contribution in [-0.2, 0) is 9.53 Å². The second-order valence-corrected chi connectivity index (χ2v) is 9.84. The first-order valence-electron chi connectivity index (χ1n) is 11.4. The Bertz CT molecular complexity index is 442. The van der Waals surface area contributed by atoms with Crippen molar-refractivity contribution in [1.29, 1.82) is 0 Å². The first-order chi connectivity index (χ1) is 14.1. The van der Waals surface area contributed by atoms with E-state index in [0.29, 0.717) is 6.42 Å². The number of ether oxygens (including phenoxy) is 1. The first kappa shape index (κ1) is 26.5. The zero-order valence-corrected chi connectivity index (χ0v) is 19.0. The molecule has 1 aliphatic heterocycles. The van der Waals surface area contributed by atoms with Gasteiger partial charge < -0.3 is 20.1 Å². The highest BCUT2D eigenvalue weighted by Gasteiger charge is 2.35. The lowest BCUT2D eigenvalue weighted by atomic mass is 9.93. The molecular formula is C23H42O5S. The van der Waals surface area contributed by atoms with Crippen LogP contribution in [0.25, 0.3) is 0 Å². The smallest absolute Gasteiger partial charge is 0.305 e. The Labute approximate surface area is 181 Å². The van der Waals surface area contributed by atoms with Gasteiger partial charge in [-0.15, -0.1) is 0 Å². The molecule has 0 amide bonds. The van der Waals surface area contributed by atoms with E-state index >= 15 is 0 Å². The number of thioether (sulfide) groups is 1. The van der Waals surface area contributed by atoms with Crippen LogP contribution in [0.2, 0.25) is 0 Å². The molecule has 0 saturated carbocycles. The summed E-state index contributed by atoms with van der Waals surface area (Å²) in [6, 6.07) is 0. The minimum Gasteiger partial charge on any atom is -0.465 e. The maximum absolute atomic E-state index is 11.7. The fourth-order valence-electron chi connectivity index (χ4n) is 3.24. The highest BCUT2D eigenvalue weighted by atomic mass is 32.2. The average molecular weight is 431 g/mol. The van der Waals surface area contributed by atoms with E-state index in [1.165, 1.54) is 51.4 Å². The SMILES string of the molecule is CCCCC/C=C\CC1SC1CCCCCCCC(=O)OCC(CO)(CO)CO. The number of rotatable bonds is 19. The van der Waals surface area contributed by atoms with Gasteiger partial charge >= 0.3 is 5.97 Å². The number of carbonyl (C=O) groups is 1. The van der Waals surface area contributed by atoms with E-state index in [9.17, 15) is 20.1 Å². The summed E-state index contributed by atoms with van der Waals surface area (Å²) in [6.45, 7) is 0.850. The lowest BCUT2D eigenvalue weighted by Gasteiger charge is -2.26. The van der Waals surface area contributed by atoms with Crippen LogP contribution in [0.15, 0.2) is 12.2 Å². The number of esters is 1. The predicted octanol–water partition coefficient (Wildman–Crippen LogP) is 4.23. The molecular weight excluding hydrogens is 388 g/mol. The summed E-state index contributed by atoms with van der Waals surface area (Å²) in [5.41, 5.74) is -1.14. The third-order valence-corrected chi connectivity index (χ3v) is 7.08. The molecule has 0 spiro atoms. The van der Waals surface area contributed by atoms with Gasteiger partial charge in [-0.05, 0) is 32.1 Å². The number of allylic oxidation sites excluding steroid dienone is 2. The van der Waals surface area contributed by atoms with Crippen LogP contribution in [0.1, 0.15) is 84.0 Å². The number of aliphatic hydroxyl groups excluding tert-OH is 3. The number of aliphatic hydroxyl groups is 3. The van der Waals surface area contributed by atoms with Gasteiger partial charge in [-0.1, -0.05) is 57.6 Å². The van der Waals surface area contributed by atoms with Gasteiger partial charge in [-0.3, -0.25) is 4.79 Å². The molecule has 0 aromatic rings. The van der Waals surface area contributed by atoms with E-state index < -0.39 is 25.2 Å². The molecule has 0 radical (unpaired) electrons. The van der Waals surface area contributed by atoms with Crippen molar-refractivity contribution in [3.63, 3.8) is 0 Å². The minimum atomic E-state index is -1.14. The van der Waals surface area contributed by atoms with Crippen LogP contribution in [0.4, 0.5) is 0 Å². The van der Waals surface area contributed by atoms with E-state index in [2.05, 4.69) is 30.8 Å². The molecule has 0 aliphatic carbocycles. The Kier molecular flexibility index (Phi) is 14.8. The molecule has 0 aromatic carbocycles. The van der Waals surface area contributed by atoms with E-state index in [4.69, 9.17) is 4.74 Å². The van der Waals surface area contributed by atoms with Gasteiger partial charge in [0.1, 0.15) is 6.61 Å². The van der Waals surface area contributed by atoms with Gasteiger partial charge in [0, 0.05) is 16.9 Å². The summed E-state index contributed by atoms with van der Waals surface area (Å²) in [7, 11) is 0. The van der Waals surface area contributed by atoms with E-state index in [1.807, 2.05) is 0 Å². The zero-order valence-electron chi connectivity index (χ0n) is 18.2. The quantitative estimate of drug-likeness (QED) is 0.123. The van der Waals surface area contributed by atoms with Crippen LogP contribution in [0.5, 0.6) is 0 Å². The van der Waals surface area contributed by atoms with Gasteiger partial charge in [-0.25, -0.2) is 0 Å². The van der Waals surface area contributed by atoms with E-state index in [-0.39, 0.29) is 12.6 Å². The van der Waals surface area contributed by atoms with Gasteiger partial charge in [0.15, 0.2) is 0 Å². The summed E-state index contributed by atoms with van der Waals surface area (Å²) in [5, 5.41) is 29.3. The summed E-state index contributed by atoms with van der Waals surface area (Å²) in [6.07, 6.45) is 18.2. The van der Waals surface area contributed by atoms with Gasteiger partial charge in [0.05, 0.1) is 25.2 Å². The first-order valence-corrected chi connectivity index (χ1v) is 12.3. The molecule has 5 nitrogen and oxygen atoms in total. The van der Waals surface area contributed by atoms with Crippen LogP contribution in [0, 0.1) is 5.41 Å². The van der Waals surface area contributed by atoms with Crippen molar-refractivity contribution >= 4 is 17.7 Å². The van der Waals surface area contributed by atoms with Crippen molar-refractivity contribution in [2.75, 3.05) is 26.4 Å². The molecule has 1 fully saturated rings. The maximum atomic E-state index is 11.7. The van der Waals surface area contributed by atoms with E-state index in [0.717, 1.165) is 29.8 Å². The summed E-state index contributed by atoms with van der Waals surface area (Å²) in [5.74, 6) is -0.329. The monoisotopic (exact) mass is 430 g/mol. The molecule has 1 saturated heterocycles. The fraction of sp³-hybridized carbons (Fsp3) is 0.870. The highest BCUT2D eigenvalue weighted by Crippen LogP contribution is 2.46. The van der Waals surface area contributed by atoms with Crippen molar-refractivity contribution < 1.29 is 24.9 Å². The number of hydrogen-bond donors (Lipinski definition) is 3. The van der Waals surface area contributed by atoms with Crippen LogP contribution in [-0.4, -0.2) is 58.2 Å². The lowest BCUT2D eigenvalue weighted by Crippen LogP contribution is -2.39. The van der Waals surface area contributed by atoms with Crippen LogP contribution in [0.3, 0.4) is 0 Å². The molecule has 1 aliphatic rings. The van der Waals surface area contributed by atoms with Crippen LogP contribution >= 0.6 is 11.8 Å².